The third-order valence-electron chi connectivity index (χ3n) is 5.22. The molecule has 1 aliphatic rings. The molecular weight excluding hydrogens is 504 g/mol. The first-order chi connectivity index (χ1) is 17.4. The highest BCUT2D eigenvalue weighted by Crippen LogP contribution is 2.40. The van der Waals surface area contributed by atoms with Gasteiger partial charge in [0.1, 0.15) is 6.61 Å². The van der Waals surface area contributed by atoms with Gasteiger partial charge in [0.25, 0.3) is 16.8 Å². The third-order valence-corrected chi connectivity index (χ3v) is 6.41. The minimum atomic E-state index is -0.508. The lowest BCUT2D eigenvalue weighted by Gasteiger charge is -2.15. The molecule has 8 nitrogen and oxygen atoms in total. The Labute approximate surface area is 216 Å². The van der Waals surface area contributed by atoms with Gasteiger partial charge in [0.05, 0.1) is 28.0 Å². The summed E-state index contributed by atoms with van der Waals surface area (Å²) in [6.45, 7) is 2.54. The van der Waals surface area contributed by atoms with Crippen LogP contribution in [-0.2, 0) is 17.9 Å². The van der Waals surface area contributed by atoms with Gasteiger partial charge in [0.2, 0.25) is 0 Å². The Bertz CT molecular complexity index is 1330. The van der Waals surface area contributed by atoms with Crippen LogP contribution in [0.3, 0.4) is 0 Å². The number of thioether (sulfide) groups is 1. The van der Waals surface area contributed by atoms with Crippen LogP contribution >= 0.6 is 23.4 Å². The Kier molecular flexibility index (Phi) is 7.92. The topological polar surface area (TPSA) is 99.0 Å². The number of halogens is 1. The van der Waals surface area contributed by atoms with E-state index in [2.05, 4.69) is 0 Å². The lowest BCUT2D eigenvalue weighted by Crippen LogP contribution is -2.27. The number of hydrogen-bond acceptors (Lipinski definition) is 7. The summed E-state index contributed by atoms with van der Waals surface area (Å²) in [6.07, 6.45) is 1.58. The molecule has 1 aliphatic heterocycles. The molecule has 4 rings (SSSR count). The second kappa shape index (κ2) is 11.3. The fourth-order valence-corrected chi connectivity index (χ4v) is 4.61. The minimum Gasteiger partial charge on any atom is -0.490 e. The number of benzene rings is 3. The van der Waals surface area contributed by atoms with E-state index < -0.39 is 16.1 Å². The molecule has 0 aromatic heterocycles. The first-order valence-electron chi connectivity index (χ1n) is 11.0. The molecule has 0 spiro atoms. The SMILES string of the molecule is CCOc1cc(C=C2SC(=O)N(Cc3ccc([N+](=O)[O-])cc3)C2=O)cc(Cl)c1OCc1ccccc1. The van der Waals surface area contributed by atoms with E-state index >= 15 is 0 Å². The molecule has 0 N–H and O–H groups in total. The molecule has 1 saturated heterocycles. The van der Waals surface area contributed by atoms with Crippen molar-refractivity contribution in [1.82, 2.24) is 4.90 Å². The average molecular weight is 525 g/mol. The number of ether oxygens (including phenoxy) is 2. The van der Waals surface area contributed by atoms with Crippen LogP contribution < -0.4 is 9.47 Å². The van der Waals surface area contributed by atoms with Crippen molar-refractivity contribution in [3.8, 4) is 11.5 Å². The summed E-state index contributed by atoms with van der Waals surface area (Å²) in [7, 11) is 0. The van der Waals surface area contributed by atoms with Gasteiger partial charge in [-0.25, -0.2) is 0 Å². The van der Waals surface area contributed by atoms with Crippen LogP contribution in [-0.4, -0.2) is 27.6 Å². The van der Waals surface area contributed by atoms with Gasteiger partial charge in [-0.1, -0.05) is 54.1 Å². The lowest BCUT2D eigenvalue weighted by atomic mass is 10.1. The molecule has 0 aliphatic carbocycles. The Balaban J connectivity index is 1.53. The number of carbonyl (C=O) groups is 2. The maximum absolute atomic E-state index is 12.9. The third kappa shape index (κ3) is 5.87. The van der Waals surface area contributed by atoms with Gasteiger partial charge >= 0.3 is 0 Å². The number of nitro groups is 1. The van der Waals surface area contributed by atoms with E-state index in [0.717, 1.165) is 22.2 Å². The molecule has 0 unspecified atom stereocenters. The van der Waals surface area contributed by atoms with Gasteiger partial charge in [-0.05, 0) is 53.6 Å². The van der Waals surface area contributed by atoms with Crippen molar-refractivity contribution in [3.05, 3.63) is 103 Å². The molecule has 3 aromatic rings. The fraction of sp³-hybridized carbons (Fsp3) is 0.154. The van der Waals surface area contributed by atoms with Gasteiger partial charge in [0, 0.05) is 12.1 Å². The number of imide groups is 1. The standard InChI is InChI=1S/C26H21ClN2O6S/c1-2-34-22-13-19(12-21(27)24(22)35-16-18-6-4-3-5-7-18)14-23-25(30)28(26(31)36-23)15-17-8-10-20(11-9-17)29(32)33/h3-14H,2,15-16H2,1H3. The summed E-state index contributed by atoms with van der Waals surface area (Å²) in [6, 6.07) is 18.7. The molecule has 0 atom stereocenters. The van der Waals surface area contributed by atoms with Crippen LogP contribution in [0, 0.1) is 10.1 Å². The fourth-order valence-electron chi connectivity index (χ4n) is 3.50. The zero-order valence-electron chi connectivity index (χ0n) is 19.2. The second-order valence-corrected chi connectivity index (χ2v) is 9.13. The Morgan fingerprint density at radius 3 is 2.42 bits per heavy atom. The normalized spacial score (nSPS) is 14.4. The van der Waals surface area contributed by atoms with Gasteiger partial charge < -0.3 is 9.47 Å². The minimum absolute atomic E-state index is 0.0111. The molecular formula is C26H21ClN2O6S. The first-order valence-corrected chi connectivity index (χ1v) is 12.2. The van der Waals surface area contributed by atoms with Crippen LogP contribution in [0.15, 0.2) is 71.6 Å². The summed E-state index contributed by atoms with van der Waals surface area (Å²) >= 11 is 7.32. The quantitative estimate of drug-likeness (QED) is 0.180. The van der Waals surface area contributed by atoms with E-state index in [1.165, 1.54) is 24.3 Å². The molecule has 1 heterocycles. The summed E-state index contributed by atoms with van der Waals surface area (Å²) < 4.78 is 11.7. The van der Waals surface area contributed by atoms with Crippen LogP contribution in [0.25, 0.3) is 6.08 Å². The van der Waals surface area contributed by atoms with Crippen molar-refractivity contribution >= 4 is 46.3 Å². The maximum atomic E-state index is 12.9. The smallest absolute Gasteiger partial charge is 0.293 e. The summed E-state index contributed by atoms with van der Waals surface area (Å²) in [5.41, 5.74) is 2.09. The van der Waals surface area contributed by atoms with E-state index in [9.17, 15) is 19.7 Å². The van der Waals surface area contributed by atoms with Gasteiger partial charge in [-0.2, -0.15) is 0 Å². The van der Waals surface area contributed by atoms with E-state index in [4.69, 9.17) is 21.1 Å². The molecule has 3 aromatic carbocycles. The first kappa shape index (κ1) is 25.3. The molecule has 2 amide bonds. The van der Waals surface area contributed by atoms with E-state index in [-0.39, 0.29) is 17.1 Å². The Hall–Kier alpha value is -3.82. The number of amides is 2. The number of hydrogen-bond donors (Lipinski definition) is 0. The van der Waals surface area contributed by atoms with Crippen LogP contribution in [0.5, 0.6) is 11.5 Å². The molecule has 0 radical (unpaired) electrons. The monoisotopic (exact) mass is 524 g/mol. The number of non-ortho nitro benzene ring substituents is 1. The Morgan fingerprint density at radius 2 is 1.75 bits per heavy atom. The Morgan fingerprint density at radius 1 is 1.03 bits per heavy atom. The van der Waals surface area contributed by atoms with E-state index in [1.807, 2.05) is 37.3 Å². The second-order valence-electron chi connectivity index (χ2n) is 7.73. The van der Waals surface area contributed by atoms with E-state index in [0.29, 0.717) is 40.9 Å². The number of carbonyl (C=O) groups excluding carboxylic acids is 2. The molecule has 1 fully saturated rings. The van der Waals surface area contributed by atoms with Crippen LogP contribution in [0.4, 0.5) is 10.5 Å². The summed E-state index contributed by atoms with van der Waals surface area (Å²) in [5, 5.41) is 10.7. The molecule has 0 bridgehead atoms. The molecule has 0 saturated carbocycles. The predicted octanol–water partition coefficient (Wildman–Crippen LogP) is 6.46. The number of rotatable bonds is 9. The zero-order valence-corrected chi connectivity index (χ0v) is 20.8. The summed E-state index contributed by atoms with van der Waals surface area (Å²) in [4.78, 5) is 37.1. The van der Waals surface area contributed by atoms with Crippen molar-refractivity contribution < 1.29 is 24.0 Å². The lowest BCUT2D eigenvalue weighted by molar-refractivity contribution is -0.384. The zero-order chi connectivity index (χ0) is 25.7. The van der Waals surface area contributed by atoms with E-state index in [1.54, 1.807) is 18.2 Å². The molecule has 36 heavy (non-hydrogen) atoms. The highest BCUT2D eigenvalue weighted by Gasteiger charge is 2.35. The van der Waals surface area contributed by atoms with Crippen LogP contribution in [0.1, 0.15) is 23.6 Å². The van der Waals surface area contributed by atoms with Crippen molar-refractivity contribution in [1.29, 1.82) is 0 Å². The van der Waals surface area contributed by atoms with Gasteiger partial charge in [0.15, 0.2) is 11.5 Å². The van der Waals surface area contributed by atoms with Crippen LogP contribution in [0.2, 0.25) is 5.02 Å². The largest absolute Gasteiger partial charge is 0.490 e. The number of nitro benzene ring substituents is 1. The van der Waals surface area contributed by atoms with Crippen molar-refractivity contribution in [2.75, 3.05) is 6.61 Å². The predicted molar refractivity (Wildman–Crippen MR) is 138 cm³/mol. The van der Waals surface area contributed by atoms with Gasteiger partial charge in [-0.15, -0.1) is 0 Å². The maximum Gasteiger partial charge on any atom is 0.293 e. The molecule has 184 valence electrons. The van der Waals surface area contributed by atoms with Crippen molar-refractivity contribution in [2.24, 2.45) is 0 Å². The van der Waals surface area contributed by atoms with Crippen molar-refractivity contribution in [3.63, 3.8) is 0 Å². The highest BCUT2D eigenvalue weighted by atomic mass is 35.5. The molecule has 10 heteroatoms. The summed E-state index contributed by atoms with van der Waals surface area (Å²) in [5.74, 6) is 0.366. The number of nitrogens with zero attached hydrogens (tertiary/aromatic N) is 2. The highest BCUT2D eigenvalue weighted by molar-refractivity contribution is 8.18. The van der Waals surface area contributed by atoms with Crippen molar-refractivity contribution in [2.45, 2.75) is 20.1 Å². The van der Waals surface area contributed by atoms with Gasteiger partial charge in [-0.3, -0.25) is 24.6 Å². The average Bonchev–Trinajstić information content (AvgIpc) is 3.12.